The SMILES string of the molecule is COc1ccc(N(C)CCNC2CC2)nc1. The molecule has 4 nitrogen and oxygen atoms in total. The maximum atomic E-state index is 5.08. The van der Waals surface area contributed by atoms with Crippen molar-refractivity contribution in [1.29, 1.82) is 0 Å². The van der Waals surface area contributed by atoms with Gasteiger partial charge in [0.2, 0.25) is 0 Å². The summed E-state index contributed by atoms with van der Waals surface area (Å²) in [5.41, 5.74) is 0. The van der Waals surface area contributed by atoms with Crippen LogP contribution in [0, 0.1) is 0 Å². The number of nitrogens with zero attached hydrogens (tertiary/aromatic N) is 2. The fourth-order valence-electron chi connectivity index (χ4n) is 1.56. The van der Waals surface area contributed by atoms with E-state index in [4.69, 9.17) is 4.74 Å². The van der Waals surface area contributed by atoms with E-state index in [0.29, 0.717) is 0 Å². The summed E-state index contributed by atoms with van der Waals surface area (Å²) in [7, 11) is 3.71. The van der Waals surface area contributed by atoms with E-state index in [1.165, 1.54) is 12.8 Å². The van der Waals surface area contributed by atoms with Crippen LogP contribution in [0.2, 0.25) is 0 Å². The first-order valence-electron chi connectivity index (χ1n) is 5.74. The molecule has 0 bridgehead atoms. The van der Waals surface area contributed by atoms with Crippen molar-refractivity contribution in [3.8, 4) is 5.75 Å². The Labute approximate surface area is 96.6 Å². The smallest absolute Gasteiger partial charge is 0.137 e. The standard InChI is InChI=1S/C12H19N3O/c1-15(8-7-13-10-3-4-10)12-6-5-11(16-2)9-14-12/h5-6,9-10,13H,3-4,7-8H2,1-2H3. The van der Waals surface area contributed by atoms with Gasteiger partial charge in [0.25, 0.3) is 0 Å². The summed E-state index contributed by atoms with van der Waals surface area (Å²) in [4.78, 5) is 6.48. The van der Waals surface area contributed by atoms with Gasteiger partial charge in [-0.15, -0.1) is 0 Å². The van der Waals surface area contributed by atoms with Crippen molar-refractivity contribution in [1.82, 2.24) is 10.3 Å². The molecule has 0 radical (unpaired) electrons. The van der Waals surface area contributed by atoms with Gasteiger partial charge < -0.3 is 15.0 Å². The van der Waals surface area contributed by atoms with Crippen LogP contribution < -0.4 is 15.0 Å². The van der Waals surface area contributed by atoms with Crippen LogP contribution in [0.3, 0.4) is 0 Å². The molecule has 1 aliphatic carbocycles. The number of anilines is 1. The minimum atomic E-state index is 0.775. The number of ether oxygens (including phenoxy) is 1. The third-order valence-electron chi connectivity index (χ3n) is 2.81. The van der Waals surface area contributed by atoms with Crippen LogP contribution in [0.25, 0.3) is 0 Å². The zero-order valence-corrected chi connectivity index (χ0v) is 9.94. The first-order chi connectivity index (χ1) is 7.79. The molecule has 0 aromatic carbocycles. The molecular formula is C12H19N3O. The normalized spacial score (nSPS) is 14.9. The van der Waals surface area contributed by atoms with Gasteiger partial charge in [0.15, 0.2) is 0 Å². The molecule has 1 aromatic rings. The average Bonchev–Trinajstić information content (AvgIpc) is 3.13. The molecule has 1 N–H and O–H groups in total. The average molecular weight is 221 g/mol. The van der Waals surface area contributed by atoms with Gasteiger partial charge in [-0.05, 0) is 25.0 Å². The van der Waals surface area contributed by atoms with Crippen LogP contribution in [0.15, 0.2) is 18.3 Å². The van der Waals surface area contributed by atoms with Gasteiger partial charge in [0.05, 0.1) is 13.3 Å². The van der Waals surface area contributed by atoms with Crippen molar-refractivity contribution in [2.75, 3.05) is 32.1 Å². The third kappa shape index (κ3) is 3.10. The molecule has 0 saturated heterocycles. The number of aromatic nitrogens is 1. The van der Waals surface area contributed by atoms with Crippen molar-refractivity contribution >= 4 is 5.82 Å². The number of likely N-dealkylation sites (N-methyl/N-ethyl adjacent to an activating group) is 1. The summed E-state index contributed by atoms with van der Waals surface area (Å²) in [6.07, 6.45) is 4.43. The molecule has 1 aliphatic rings. The van der Waals surface area contributed by atoms with Gasteiger partial charge in [0, 0.05) is 26.2 Å². The van der Waals surface area contributed by atoms with Gasteiger partial charge in [-0.3, -0.25) is 0 Å². The van der Waals surface area contributed by atoms with Crippen molar-refractivity contribution in [2.45, 2.75) is 18.9 Å². The molecule has 1 saturated carbocycles. The van der Waals surface area contributed by atoms with Crippen LogP contribution in [0.4, 0.5) is 5.82 Å². The lowest BCUT2D eigenvalue weighted by molar-refractivity contribution is 0.413. The summed E-state index contributed by atoms with van der Waals surface area (Å²) < 4.78 is 5.08. The number of pyridine rings is 1. The Morgan fingerprint density at radius 2 is 2.31 bits per heavy atom. The lowest BCUT2D eigenvalue weighted by Crippen LogP contribution is -2.30. The Kier molecular flexibility index (Phi) is 3.62. The van der Waals surface area contributed by atoms with Crippen LogP contribution >= 0.6 is 0 Å². The molecule has 4 heteroatoms. The lowest BCUT2D eigenvalue weighted by atomic mass is 10.4. The highest BCUT2D eigenvalue weighted by Gasteiger charge is 2.19. The summed E-state index contributed by atoms with van der Waals surface area (Å²) in [5, 5.41) is 3.49. The zero-order chi connectivity index (χ0) is 11.4. The zero-order valence-electron chi connectivity index (χ0n) is 9.94. The molecule has 0 unspecified atom stereocenters. The van der Waals surface area contributed by atoms with Crippen molar-refractivity contribution in [3.05, 3.63) is 18.3 Å². The number of hydrogen-bond acceptors (Lipinski definition) is 4. The van der Waals surface area contributed by atoms with Crippen molar-refractivity contribution < 1.29 is 4.74 Å². The molecule has 16 heavy (non-hydrogen) atoms. The molecule has 0 amide bonds. The number of methoxy groups -OCH3 is 1. The predicted octanol–water partition coefficient (Wildman–Crippen LogP) is 1.28. The molecule has 1 heterocycles. The number of rotatable bonds is 6. The molecule has 1 aromatic heterocycles. The van der Waals surface area contributed by atoms with E-state index in [9.17, 15) is 0 Å². The van der Waals surface area contributed by atoms with Gasteiger partial charge >= 0.3 is 0 Å². The highest BCUT2D eigenvalue weighted by molar-refractivity contribution is 5.39. The summed E-state index contributed by atoms with van der Waals surface area (Å²) in [5.74, 6) is 1.78. The highest BCUT2D eigenvalue weighted by atomic mass is 16.5. The minimum absolute atomic E-state index is 0.775. The van der Waals surface area contributed by atoms with E-state index >= 15 is 0 Å². The minimum Gasteiger partial charge on any atom is -0.495 e. The summed E-state index contributed by atoms with van der Waals surface area (Å²) in [6, 6.07) is 4.69. The highest BCUT2D eigenvalue weighted by Crippen LogP contribution is 2.18. The van der Waals surface area contributed by atoms with E-state index in [1.54, 1.807) is 13.3 Å². The van der Waals surface area contributed by atoms with Gasteiger partial charge in [0.1, 0.15) is 11.6 Å². The first-order valence-corrected chi connectivity index (χ1v) is 5.74. The second-order valence-electron chi connectivity index (χ2n) is 4.21. The fraction of sp³-hybridized carbons (Fsp3) is 0.583. The Hall–Kier alpha value is -1.29. The van der Waals surface area contributed by atoms with Crippen LogP contribution in [-0.2, 0) is 0 Å². The van der Waals surface area contributed by atoms with Gasteiger partial charge in [-0.25, -0.2) is 4.98 Å². The topological polar surface area (TPSA) is 37.4 Å². The molecule has 2 rings (SSSR count). The number of nitrogens with one attached hydrogen (secondary N) is 1. The lowest BCUT2D eigenvalue weighted by Gasteiger charge is -2.18. The monoisotopic (exact) mass is 221 g/mol. The maximum absolute atomic E-state index is 5.08. The van der Waals surface area contributed by atoms with E-state index in [1.807, 2.05) is 12.1 Å². The molecule has 0 aliphatic heterocycles. The van der Waals surface area contributed by atoms with Crippen molar-refractivity contribution in [3.63, 3.8) is 0 Å². The largest absolute Gasteiger partial charge is 0.495 e. The Morgan fingerprint density at radius 1 is 1.50 bits per heavy atom. The predicted molar refractivity (Wildman–Crippen MR) is 65.1 cm³/mol. The summed E-state index contributed by atoms with van der Waals surface area (Å²) in [6.45, 7) is 2.00. The first kappa shape index (κ1) is 11.2. The van der Waals surface area contributed by atoms with E-state index in [0.717, 1.165) is 30.7 Å². The maximum Gasteiger partial charge on any atom is 0.137 e. The van der Waals surface area contributed by atoms with Crippen LogP contribution in [0.1, 0.15) is 12.8 Å². The molecule has 88 valence electrons. The van der Waals surface area contributed by atoms with E-state index in [-0.39, 0.29) is 0 Å². The van der Waals surface area contributed by atoms with Crippen LogP contribution in [-0.4, -0.2) is 38.3 Å². The van der Waals surface area contributed by atoms with Gasteiger partial charge in [-0.2, -0.15) is 0 Å². The van der Waals surface area contributed by atoms with Gasteiger partial charge in [-0.1, -0.05) is 0 Å². The molecule has 0 spiro atoms. The Morgan fingerprint density at radius 3 is 2.88 bits per heavy atom. The van der Waals surface area contributed by atoms with E-state index < -0.39 is 0 Å². The second kappa shape index (κ2) is 5.16. The number of hydrogen-bond donors (Lipinski definition) is 1. The van der Waals surface area contributed by atoms with Crippen LogP contribution in [0.5, 0.6) is 5.75 Å². The van der Waals surface area contributed by atoms with Crippen molar-refractivity contribution in [2.24, 2.45) is 0 Å². The van der Waals surface area contributed by atoms with E-state index in [2.05, 4.69) is 22.2 Å². The third-order valence-corrected chi connectivity index (χ3v) is 2.81. The quantitative estimate of drug-likeness (QED) is 0.785. The summed E-state index contributed by atoms with van der Waals surface area (Å²) >= 11 is 0. The fourth-order valence-corrected chi connectivity index (χ4v) is 1.56. The molecule has 0 atom stereocenters. The Bertz CT molecular complexity index is 322. The Balaban J connectivity index is 1.79. The molecule has 1 fully saturated rings. The molecular weight excluding hydrogens is 202 g/mol. The second-order valence-corrected chi connectivity index (χ2v) is 4.21.